The van der Waals surface area contributed by atoms with Crippen LogP contribution in [0, 0.1) is 0 Å². The van der Waals surface area contributed by atoms with Gasteiger partial charge in [0.2, 0.25) is 5.91 Å². The van der Waals surface area contributed by atoms with E-state index < -0.39 is 37.1 Å². The first-order chi connectivity index (χ1) is 10.3. The van der Waals surface area contributed by atoms with Crippen LogP contribution in [0.15, 0.2) is 11.8 Å². The summed E-state index contributed by atoms with van der Waals surface area (Å²) in [7, 11) is 0. The molecule has 126 valence electrons. The lowest BCUT2D eigenvalue weighted by atomic mass is 10.1. The molecule has 1 rings (SSSR count). The van der Waals surface area contributed by atoms with Gasteiger partial charge in [-0.25, -0.2) is 0 Å². The van der Waals surface area contributed by atoms with Crippen LogP contribution in [-0.2, 0) is 19.1 Å². The van der Waals surface area contributed by atoms with E-state index in [-0.39, 0.29) is 19.0 Å². The second kappa shape index (κ2) is 8.35. The quantitative estimate of drug-likeness (QED) is 0.504. The summed E-state index contributed by atoms with van der Waals surface area (Å²) in [6, 6.07) is 0. The minimum Gasteiger partial charge on any atom is -0.394 e. The largest absolute Gasteiger partial charge is 0.394 e. The maximum atomic E-state index is 11.9. The smallest absolute Gasteiger partial charge is 0.225 e. The van der Waals surface area contributed by atoms with E-state index in [1.54, 1.807) is 6.92 Å². The van der Waals surface area contributed by atoms with E-state index in [1.165, 1.54) is 20.0 Å². The number of hydrogen-bond donors (Lipinski definition) is 3. The van der Waals surface area contributed by atoms with Crippen LogP contribution in [0.2, 0.25) is 0 Å². The minimum atomic E-state index is -1.16. The summed E-state index contributed by atoms with van der Waals surface area (Å²) < 4.78 is 10.8. The van der Waals surface area contributed by atoms with Crippen LogP contribution in [0.3, 0.4) is 0 Å². The molecule has 0 aliphatic carbocycles. The number of allylic oxidation sites excluding steroid dienone is 1. The molecule has 0 unspecified atom stereocenters. The summed E-state index contributed by atoms with van der Waals surface area (Å²) >= 11 is 0. The van der Waals surface area contributed by atoms with Gasteiger partial charge in [0, 0.05) is 18.7 Å². The highest BCUT2D eigenvalue weighted by atomic mass is 16.6. The van der Waals surface area contributed by atoms with Crippen molar-refractivity contribution >= 4 is 11.7 Å². The third-order valence-corrected chi connectivity index (χ3v) is 3.42. The van der Waals surface area contributed by atoms with E-state index >= 15 is 0 Å². The van der Waals surface area contributed by atoms with E-state index in [2.05, 4.69) is 0 Å². The van der Waals surface area contributed by atoms with Gasteiger partial charge >= 0.3 is 0 Å². The zero-order valence-corrected chi connectivity index (χ0v) is 12.9. The normalized spacial score (nSPS) is 28.7. The average Bonchev–Trinajstić information content (AvgIpc) is 2.77. The summed E-state index contributed by atoms with van der Waals surface area (Å²) in [6.45, 7) is 3.44. The minimum absolute atomic E-state index is 0.0547. The fourth-order valence-corrected chi connectivity index (χ4v) is 2.10. The predicted molar refractivity (Wildman–Crippen MR) is 75.5 cm³/mol. The van der Waals surface area contributed by atoms with E-state index in [4.69, 9.17) is 14.6 Å². The van der Waals surface area contributed by atoms with Crippen molar-refractivity contribution in [1.29, 1.82) is 0 Å². The number of hydrogen-bond acceptors (Lipinski definition) is 7. The van der Waals surface area contributed by atoms with Crippen LogP contribution in [-0.4, -0.2) is 76.3 Å². The number of amides is 1. The van der Waals surface area contributed by atoms with Gasteiger partial charge < -0.3 is 24.8 Å². The molecule has 1 aliphatic heterocycles. The Balaban J connectivity index is 3.06. The van der Waals surface area contributed by atoms with Crippen LogP contribution < -0.4 is 0 Å². The number of nitrogens with zero attached hydrogens (tertiary/aromatic N) is 1. The van der Waals surface area contributed by atoms with Crippen molar-refractivity contribution in [3.63, 3.8) is 0 Å². The molecule has 8 nitrogen and oxygen atoms in total. The van der Waals surface area contributed by atoms with Crippen LogP contribution in [0.5, 0.6) is 0 Å². The molecule has 0 aromatic carbocycles. The number of carbonyl (C=O) groups is 2. The molecule has 0 bridgehead atoms. The molecule has 0 spiro atoms. The van der Waals surface area contributed by atoms with Crippen molar-refractivity contribution in [3.8, 4) is 0 Å². The number of ether oxygens (including phenoxy) is 2. The Labute approximate surface area is 128 Å². The molecule has 0 saturated carbocycles. The van der Waals surface area contributed by atoms with Gasteiger partial charge in [-0.15, -0.1) is 0 Å². The molecule has 8 heteroatoms. The van der Waals surface area contributed by atoms with Gasteiger partial charge in [-0.1, -0.05) is 0 Å². The highest BCUT2D eigenvalue weighted by Crippen LogP contribution is 2.27. The summed E-state index contributed by atoms with van der Waals surface area (Å²) in [5.41, 5.74) is 0.335. The first-order valence-electron chi connectivity index (χ1n) is 6.98. The highest BCUT2D eigenvalue weighted by molar-refractivity contribution is 5.93. The summed E-state index contributed by atoms with van der Waals surface area (Å²) in [5, 5.41) is 28.2. The van der Waals surface area contributed by atoms with Crippen molar-refractivity contribution in [3.05, 3.63) is 11.8 Å². The Morgan fingerprint density at radius 3 is 2.36 bits per heavy atom. The van der Waals surface area contributed by atoms with Crippen molar-refractivity contribution in [1.82, 2.24) is 4.90 Å². The van der Waals surface area contributed by atoms with E-state index in [0.717, 1.165) is 4.90 Å². The van der Waals surface area contributed by atoms with E-state index in [0.29, 0.717) is 5.57 Å². The van der Waals surface area contributed by atoms with Crippen LogP contribution in [0.4, 0.5) is 0 Å². The van der Waals surface area contributed by atoms with Gasteiger partial charge in [-0.2, -0.15) is 0 Å². The summed E-state index contributed by atoms with van der Waals surface area (Å²) in [4.78, 5) is 24.4. The molecular weight excluding hydrogens is 294 g/mol. The molecule has 0 aromatic rings. The number of rotatable bonds is 7. The average molecular weight is 317 g/mol. The fraction of sp³-hybridized carbons (Fsp3) is 0.714. The highest BCUT2D eigenvalue weighted by Gasteiger charge is 2.47. The molecule has 0 radical (unpaired) electrons. The molecule has 22 heavy (non-hydrogen) atoms. The lowest BCUT2D eigenvalue weighted by molar-refractivity contribution is -0.147. The van der Waals surface area contributed by atoms with Crippen LogP contribution in [0.25, 0.3) is 0 Å². The Bertz CT molecular complexity index is 437. The van der Waals surface area contributed by atoms with Gasteiger partial charge in [-0.3, -0.25) is 14.5 Å². The molecule has 4 atom stereocenters. The topological polar surface area (TPSA) is 117 Å². The fourth-order valence-electron chi connectivity index (χ4n) is 2.10. The van der Waals surface area contributed by atoms with Gasteiger partial charge in [0.1, 0.15) is 18.3 Å². The Hall–Kier alpha value is -1.32. The monoisotopic (exact) mass is 317 g/mol. The third-order valence-electron chi connectivity index (χ3n) is 3.42. The number of Topliss-reactive ketones (excluding diaryl/α,β-unsaturated/α-hetero) is 1. The lowest BCUT2D eigenvalue weighted by Crippen LogP contribution is -2.45. The standard InChI is InChI=1S/C14H23NO7/c1-8(9(2)18)6-15(10(3)19)14-13(21-5-4-16)12(20)11(7-17)22-14/h6,11-14,16-17,20H,4-5,7H2,1-3H3/b8-6-/t11-,12-,13-,14-/m1/s1. The van der Waals surface area contributed by atoms with Gasteiger partial charge in [0.05, 0.1) is 19.8 Å². The number of aliphatic hydroxyl groups is 3. The molecule has 3 N–H and O–H groups in total. The third kappa shape index (κ3) is 4.34. The SMILES string of the molecule is CC(=O)/C(C)=C\N(C(C)=O)[C@@H]1O[C@H](CO)[C@@H](O)[C@H]1OCCO. The van der Waals surface area contributed by atoms with Crippen molar-refractivity contribution in [2.24, 2.45) is 0 Å². The zero-order chi connectivity index (χ0) is 16.9. The molecule has 1 aliphatic rings. The maximum absolute atomic E-state index is 11.9. The molecule has 1 heterocycles. The Morgan fingerprint density at radius 1 is 1.27 bits per heavy atom. The first-order valence-corrected chi connectivity index (χ1v) is 6.98. The molecular formula is C14H23NO7. The summed E-state index contributed by atoms with van der Waals surface area (Å²) in [5.74, 6) is -0.620. The van der Waals surface area contributed by atoms with Gasteiger partial charge in [-0.05, 0) is 13.8 Å². The van der Waals surface area contributed by atoms with Crippen molar-refractivity contribution < 1.29 is 34.4 Å². The van der Waals surface area contributed by atoms with Crippen LogP contribution >= 0.6 is 0 Å². The predicted octanol–water partition coefficient (Wildman–Crippen LogP) is -1.22. The molecule has 1 fully saturated rings. The number of carbonyl (C=O) groups excluding carboxylic acids is 2. The lowest BCUT2D eigenvalue weighted by Gasteiger charge is -2.29. The van der Waals surface area contributed by atoms with Gasteiger partial charge in [0.15, 0.2) is 12.0 Å². The van der Waals surface area contributed by atoms with Crippen LogP contribution in [0.1, 0.15) is 20.8 Å². The second-order valence-electron chi connectivity index (χ2n) is 5.09. The second-order valence-corrected chi connectivity index (χ2v) is 5.09. The van der Waals surface area contributed by atoms with Gasteiger partial charge in [0.25, 0.3) is 0 Å². The Morgan fingerprint density at radius 2 is 1.91 bits per heavy atom. The van der Waals surface area contributed by atoms with Crippen molar-refractivity contribution in [2.45, 2.75) is 45.3 Å². The zero-order valence-electron chi connectivity index (χ0n) is 12.9. The molecule has 1 saturated heterocycles. The number of ketones is 1. The molecule has 1 amide bonds. The van der Waals surface area contributed by atoms with E-state index in [1.807, 2.05) is 0 Å². The first kappa shape index (κ1) is 18.7. The van der Waals surface area contributed by atoms with Crippen molar-refractivity contribution in [2.75, 3.05) is 19.8 Å². The van der Waals surface area contributed by atoms with E-state index in [9.17, 15) is 19.8 Å². The Kier molecular flexibility index (Phi) is 7.11. The summed E-state index contributed by atoms with van der Waals surface area (Å²) in [6.07, 6.45) is -2.68. The molecule has 0 aromatic heterocycles. The maximum Gasteiger partial charge on any atom is 0.225 e. The number of aliphatic hydroxyl groups excluding tert-OH is 3.